The molecule has 2 aromatic rings. The van der Waals surface area contributed by atoms with E-state index in [1.807, 2.05) is 13.8 Å². The highest BCUT2D eigenvalue weighted by atomic mass is 32.2. The van der Waals surface area contributed by atoms with Gasteiger partial charge in [-0.1, -0.05) is 18.3 Å². The molecule has 2 amide bonds. The Labute approximate surface area is 171 Å². The Kier molecular flexibility index (Phi) is 6.50. The van der Waals surface area contributed by atoms with Crippen molar-refractivity contribution >= 4 is 34.9 Å². The van der Waals surface area contributed by atoms with Crippen LogP contribution < -0.4 is 10.9 Å². The van der Waals surface area contributed by atoms with Crippen molar-refractivity contribution in [3.63, 3.8) is 0 Å². The maximum Gasteiger partial charge on any atom is 0.263 e. The van der Waals surface area contributed by atoms with E-state index in [0.29, 0.717) is 30.3 Å². The lowest BCUT2D eigenvalue weighted by Gasteiger charge is -2.30. The van der Waals surface area contributed by atoms with Gasteiger partial charge in [-0.2, -0.15) is 11.8 Å². The van der Waals surface area contributed by atoms with E-state index in [-0.39, 0.29) is 23.6 Å². The summed E-state index contributed by atoms with van der Waals surface area (Å²) in [7, 11) is 1.63. The molecule has 2 aromatic heterocycles. The van der Waals surface area contributed by atoms with Crippen molar-refractivity contribution in [2.75, 3.05) is 18.1 Å². The molecule has 1 N–H and O–H groups in total. The number of amides is 2. The Morgan fingerprint density at radius 2 is 2.14 bits per heavy atom. The van der Waals surface area contributed by atoms with Crippen LogP contribution in [-0.4, -0.2) is 49.5 Å². The smallest absolute Gasteiger partial charge is 0.263 e. The fourth-order valence-electron chi connectivity index (χ4n) is 3.17. The zero-order valence-corrected chi connectivity index (χ0v) is 17.8. The van der Waals surface area contributed by atoms with Gasteiger partial charge in [-0.15, -0.1) is 10.2 Å². The molecule has 150 valence electrons. The van der Waals surface area contributed by atoms with Crippen molar-refractivity contribution in [3.05, 3.63) is 43.3 Å². The Bertz CT molecular complexity index is 953. The van der Waals surface area contributed by atoms with Crippen LogP contribution in [0.4, 0.5) is 0 Å². The average Bonchev–Trinajstić information content (AvgIpc) is 3.10. The van der Waals surface area contributed by atoms with Gasteiger partial charge >= 0.3 is 0 Å². The molecule has 0 spiro atoms. The summed E-state index contributed by atoms with van der Waals surface area (Å²) in [6, 6.07) is 0. The quantitative estimate of drug-likeness (QED) is 0.751. The van der Waals surface area contributed by atoms with E-state index in [1.54, 1.807) is 29.9 Å². The third kappa shape index (κ3) is 4.44. The van der Waals surface area contributed by atoms with Crippen LogP contribution in [0.2, 0.25) is 0 Å². The first-order valence-corrected chi connectivity index (χ1v) is 11.0. The second kappa shape index (κ2) is 8.87. The molecule has 0 radical (unpaired) electrons. The number of aromatic nitrogens is 3. The lowest BCUT2D eigenvalue weighted by molar-refractivity contribution is -0.129. The van der Waals surface area contributed by atoms with Crippen molar-refractivity contribution in [2.24, 2.45) is 7.05 Å². The molecular formula is C18H23N5O3S2. The van der Waals surface area contributed by atoms with Crippen LogP contribution in [0.3, 0.4) is 0 Å². The third-order valence-electron chi connectivity index (χ3n) is 4.54. The monoisotopic (exact) mass is 421 g/mol. The molecule has 0 unspecified atom stereocenters. The van der Waals surface area contributed by atoms with E-state index in [1.165, 1.54) is 15.9 Å². The Morgan fingerprint density at radius 3 is 2.82 bits per heavy atom. The van der Waals surface area contributed by atoms with Gasteiger partial charge in [0.05, 0.1) is 12.3 Å². The summed E-state index contributed by atoms with van der Waals surface area (Å²) in [5, 5.41) is 12.2. The lowest BCUT2D eigenvalue weighted by Crippen LogP contribution is -2.41. The minimum atomic E-state index is -0.411. The first-order valence-electron chi connectivity index (χ1n) is 9.04. The maximum atomic E-state index is 12.8. The number of pyridine rings is 1. The summed E-state index contributed by atoms with van der Waals surface area (Å²) in [4.78, 5) is 39.6. The number of aryl methyl sites for hydroxylation is 2. The lowest BCUT2D eigenvalue weighted by atomic mass is 9.96. The second-order valence-corrected chi connectivity index (χ2v) is 9.06. The predicted molar refractivity (Wildman–Crippen MR) is 110 cm³/mol. The third-order valence-corrected chi connectivity index (χ3v) is 6.24. The van der Waals surface area contributed by atoms with Gasteiger partial charge in [0.2, 0.25) is 5.91 Å². The van der Waals surface area contributed by atoms with Crippen molar-refractivity contribution in [1.29, 1.82) is 0 Å². The van der Waals surface area contributed by atoms with Crippen LogP contribution in [0.1, 0.15) is 38.4 Å². The number of thioether (sulfide) groups is 1. The zero-order chi connectivity index (χ0) is 20.3. The van der Waals surface area contributed by atoms with E-state index in [2.05, 4.69) is 15.5 Å². The van der Waals surface area contributed by atoms with Gasteiger partial charge in [0.1, 0.15) is 15.6 Å². The maximum absolute atomic E-state index is 12.8. The molecule has 3 heterocycles. The Morgan fingerprint density at radius 1 is 1.36 bits per heavy atom. The molecule has 28 heavy (non-hydrogen) atoms. The van der Waals surface area contributed by atoms with Gasteiger partial charge in [-0.05, 0) is 30.2 Å². The molecule has 1 aliphatic heterocycles. The number of hydrogen-bond acceptors (Lipinski definition) is 7. The second-order valence-electron chi connectivity index (χ2n) is 6.52. The van der Waals surface area contributed by atoms with Crippen LogP contribution in [0.15, 0.2) is 11.0 Å². The van der Waals surface area contributed by atoms with Gasteiger partial charge in [0, 0.05) is 26.3 Å². The molecule has 0 saturated carbocycles. The topological polar surface area (TPSA) is 97.2 Å². The van der Waals surface area contributed by atoms with Crippen LogP contribution in [0, 0.1) is 6.92 Å². The fraction of sp³-hybridized carbons (Fsp3) is 0.500. The number of nitrogens with zero attached hydrogens (tertiary/aromatic N) is 4. The normalized spacial score (nSPS) is 13.3. The Hall–Kier alpha value is -2.20. The van der Waals surface area contributed by atoms with Gasteiger partial charge in [-0.25, -0.2) is 0 Å². The Balaban J connectivity index is 1.81. The van der Waals surface area contributed by atoms with E-state index in [0.717, 1.165) is 21.9 Å². The molecule has 0 bridgehead atoms. The highest BCUT2D eigenvalue weighted by molar-refractivity contribution is 7.99. The van der Waals surface area contributed by atoms with E-state index < -0.39 is 5.91 Å². The summed E-state index contributed by atoms with van der Waals surface area (Å²) >= 11 is 2.99. The van der Waals surface area contributed by atoms with E-state index >= 15 is 0 Å². The summed E-state index contributed by atoms with van der Waals surface area (Å²) < 4.78 is 1.41. The van der Waals surface area contributed by atoms with Crippen molar-refractivity contribution < 1.29 is 9.59 Å². The van der Waals surface area contributed by atoms with Gasteiger partial charge < -0.3 is 14.8 Å². The zero-order valence-electron chi connectivity index (χ0n) is 16.2. The van der Waals surface area contributed by atoms with Crippen LogP contribution in [0.5, 0.6) is 0 Å². The van der Waals surface area contributed by atoms with Crippen molar-refractivity contribution in [3.8, 4) is 0 Å². The molecule has 0 aromatic carbocycles. The minimum Gasteiger partial charge on any atom is -0.345 e. The highest BCUT2D eigenvalue weighted by Gasteiger charge is 2.27. The number of carbonyl (C=O) groups excluding carboxylic acids is 2. The molecule has 10 heteroatoms. The minimum absolute atomic E-state index is 0.0870. The summed E-state index contributed by atoms with van der Waals surface area (Å²) in [5.74, 6) is 1.02. The number of carbonyl (C=O) groups is 2. The van der Waals surface area contributed by atoms with Gasteiger partial charge in [0.15, 0.2) is 0 Å². The van der Waals surface area contributed by atoms with Crippen LogP contribution >= 0.6 is 23.1 Å². The van der Waals surface area contributed by atoms with E-state index in [4.69, 9.17) is 0 Å². The van der Waals surface area contributed by atoms with Gasteiger partial charge in [0.25, 0.3) is 11.5 Å². The molecule has 0 fully saturated rings. The van der Waals surface area contributed by atoms with Gasteiger partial charge in [-0.3, -0.25) is 14.4 Å². The molecule has 0 aliphatic carbocycles. The number of fused-ring (bicyclic) bond motifs is 1. The van der Waals surface area contributed by atoms with E-state index in [9.17, 15) is 14.4 Å². The van der Waals surface area contributed by atoms with Crippen LogP contribution in [-0.2, 0) is 31.4 Å². The standard InChI is InChI=1S/C18H23N5O3S2/c1-4-27-10-15(24)23-6-5-13-12(9-23)8-22(3)18(26)16(13)17(25)19-7-14-21-20-11(2)28-14/h8H,4-7,9-10H2,1-3H3,(H,19,25). The molecule has 0 saturated heterocycles. The predicted octanol–water partition coefficient (Wildman–Crippen LogP) is 1.11. The molecule has 3 rings (SSSR count). The first kappa shape index (κ1) is 20.5. The molecule has 1 aliphatic rings. The number of rotatable bonds is 6. The molecular weight excluding hydrogens is 398 g/mol. The summed E-state index contributed by atoms with van der Waals surface area (Å²) in [5.41, 5.74) is 1.42. The fourth-order valence-corrected chi connectivity index (χ4v) is 4.38. The molecule has 0 atom stereocenters. The summed E-state index contributed by atoms with van der Waals surface area (Å²) in [6.07, 6.45) is 2.23. The number of hydrogen-bond donors (Lipinski definition) is 1. The van der Waals surface area contributed by atoms with Crippen LogP contribution in [0.25, 0.3) is 0 Å². The van der Waals surface area contributed by atoms with Crippen molar-refractivity contribution in [1.82, 2.24) is 25.0 Å². The summed E-state index contributed by atoms with van der Waals surface area (Å²) in [6.45, 7) is 5.03. The largest absolute Gasteiger partial charge is 0.345 e. The first-order chi connectivity index (χ1) is 13.4. The highest BCUT2D eigenvalue weighted by Crippen LogP contribution is 2.21. The number of nitrogens with one attached hydrogen (secondary N) is 1. The SMILES string of the molecule is CCSCC(=O)N1CCc2c(cn(C)c(=O)c2C(=O)NCc2nnc(C)s2)C1. The molecule has 8 nitrogen and oxygen atoms in total. The van der Waals surface area contributed by atoms with Crippen molar-refractivity contribution in [2.45, 2.75) is 33.4 Å². The average molecular weight is 422 g/mol.